The van der Waals surface area contributed by atoms with Crippen molar-refractivity contribution in [3.05, 3.63) is 65.1 Å². The minimum Gasteiger partial charge on any atom is -0.508 e. The summed E-state index contributed by atoms with van der Waals surface area (Å²) in [6.07, 6.45) is 7.78. The smallest absolute Gasteiger partial charge is 0.148 e. The summed E-state index contributed by atoms with van der Waals surface area (Å²) in [6.45, 7) is 5.66. The van der Waals surface area contributed by atoms with Gasteiger partial charge in [0.05, 0.1) is 6.26 Å². The summed E-state index contributed by atoms with van der Waals surface area (Å²) in [4.78, 5) is 10.5. The topological polar surface area (TPSA) is 46.5 Å². The zero-order valence-electron chi connectivity index (χ0n) is 12.8. The number of hydrogen-bond donors (Lipinski definition) is 1. The Labute approximate surface area is 126 Å². The van der Waals surface area contributed by atoms with Crippen molar-refractivity contribution in [2.24, 2.45) is 0 Å². The molecule has 0 heterocycles. The van der Waals surface area contributed by atoms with E-state index in [1.807, 2.05) is 32.1 Å². The van der Waals surface area contributed by atoms with Crippen LogP contribution in [0.5, 0.6) is 5.75 Å². The number of phenolic OH excluding ortho intramolecular Hbond substituents is 1. The lowest BCUT2D eigenvalue weighted by Gasteiger charge is -2.07. The number of ether oxygens (including phenoxy) is 1. The molecule has 1 aromatic rings. The van der Waals surface area contributed by atoms with Gasteiger partial charge >= 0.3 is 0 Å². The van der Waals surface area contributed by atoms with Gasteiger partial charge in [0, 0.05) is 12.0 Å². The van der Waals surface area contributed by atoms with Gasteiger partial charge in [-0.3, -0.25) is 4.79 Å². The Morgan fingerprint density at radius 1 is 1.24 bits per heavy atom. The standard InChI is InChI=1S/C18H22O3/c1-4-18(21-13-15(3)12-19)11-14(2)5-6-16-7-9-17(20)10-8-16/h4-5,7-10,12-13,20H,6,11H2,1-3H3. The average Bonchev–Trinajstić information content (AvgIpc) is 2.50. The summed E-state index contributed by atoms with van der Waals surface area (Å²) in [7, 11) is 0. The molecular weight excluding hydrogens is 264 g/mol. The molecule has 1 rings (SSSR count). The highest BCUT2D eigenvalue weighted by atomic mass is 16.5. The molecule has 0 aromatic heterocycles. The molecule has 112 valence electrons. The zero-order valence-corrected chi connectivity index (χ0v) is 12.8. The number of allylic oxidation sites excluding steroid dienone is 4. The van der Waals surface area contributed by atoms with Crippen molar-refractivity contribution in [1.82, 2.24) is 0 Å². The number of rotatable bonds is 7. The largest absolute Gasteiger partial charge is 0.508 e. The molecule has 0 atom stereocenters. The molecule has 0 fully saturated rings. The molecule has 0 saturated carbocycles. The lowest BCUT2D eigenvalue weighted by molar-refractivity contribution is -0.105. The van der Waals surface area contributed by atoms with Crippen LogP contribution in [-0.4, -0.2) is 11.4 Å². The van der Waals surface area contributed by atoms with Crippen LogP contribution in [0.25, 0.3) is 0 Å². The van der Waals surface area contributed by atoms with E-state index in [2.05, 4.69) is 6.08 Å². The fourth-order valence-corrected chi connectivity index (χ4v) is 1.68. The van der Waals surface area contributed by atoms with Crippen LogP contribution in [0.15, 0.2) is 59.6 Å². The molecule has 3 nitrogen and oxygen atoms in total. The number of hydrogen-bond acceptors (Lipinski definition) is 3. The highest BCUT2D eigenvalue weighted by Gasteiger charge is 1.99. The highest BCUT2D eigenvalue weighted by molar-refractivity contribution is 5.71. The average molecular weight is 286 g/mol. The molecule has 0 saturated heterocycles. The van der Waals surface area contributed by atoms with Crippen LogP contribution in [0.2, 0.25) is 0 Å². The third kappa shape index (κ3) is 6.61. The molecule has 1 aromatic carbocycles. The second-order valence-electron chi connectivity index (χ2n) is 4.95. The Morgan fingerprint density at radius 2 is 1.90 bits per heavy atom. The molecular formula is C18H22O3. The van der Waals surface area contributed by atoms with Gasteiger partial charge in [0.15, 0.2) is 0 Å². The normalized spacial score (nSPS) is 13.2. The van der Waals surface area contributed by atoms with Gasteiger partial charge in [0.1, 0.15) is 17.8 Å². The number of aldehydes is 1. The molecule has 0 amide bonds. The van der Waals surface area contributed by atoms with Crippen molar-refractivity contribution in [3.8, 4) is 5.75 Å². The van der Waals surface area contributed by atoms with Gasteiger partial charge in [-0.25, -0.2) is 0 Å². The number of phenols is 1. The fraction of sp³-hybridized carbons (Fsp3) is 0.278. The summed E-state index contributed by atoms with van der Waals surface area (Å²) in [5.41, 5.74) is 2.89. The molecule has 3 heteroatoms. The second-order valence-corrected chi connectivity index (χ2v) is 4.95. The first kappa shape index (κ1) is 16.8. The van der Waals surface area contributed by atoms with Crippen molar-refractivity contribution >= 4 is 6.29 Å². The summed E-state index contributed by atoms with van der Waals surface area (Å²) < 4.78 is 5.48. The van der Waals surface area contributed by atoms with Gasteiger partial charge in [-0.05, 0) is 51.0 Å². The molecule has 0 unspecified atom stereocenters. The van der Waals surface area contributed by atoms with E-state index in [4.69, 9.17) is 4.74 Å². The van der Waals surface area contributed by atoms with E-state index in [1.54, 1.807) is 19.1 Å². The van der Waals surface area contributed by atoms with Gasteiger partial charge in [-0.2, -0.15) is 0 Å². The maximum Gasteiger partial charge on any atom is 0.148 e. The molecule has 0 aliphatic carbocycles. The summed E-state index contributed by atoms with van der Waals surface area (Å²) in [6, 6.07) is 7.18. The van der Waals surface area contributed by atoms with Crippen LogP contribution < -0.4 is 0 Å². The van der Waals surface area contributed by atoms with Gasteiger partial charge in [-0.1, -0.05) is 23.8 Å². The van der Waals surface area contributed by atoms with Crippen molar-refractivity contribution in [2.45, 2.75) is 33.6 Å². The lowest BCUT2D eigenvalue weighted by atomic mass is 10.1. The predicted octanol–water partition coefficient (Wildman–Crippen LogP) is 4.29. The Hall–Kier alpha value is -2.29. The minimum absolute atomic E-state index is 0.279. The quantitative estimate of drug-likeness (QED) is 0.352. The van der Waals surface area contributed by atoms with E-state index in [1.165, 1.54) is 11.8 Å². The Bertz CT molecular complexity index is 548. The summed E-state index contributed by atoms with van der Waals surface area (Å²) in [5.74, 6) is 1.09. The number of carbonyl (C=O) groups excluding carboxylic acids is 1. The number of aromatic hydroxyl groups is 1. The first-order valence-corrected chi connectivity index (χ1v) is 6.92. The first-order valence-electron chi connectivity index (χ1n) is 6.92. The van der Waals surface area contributed by atoms with E-state index in [0.29, 0.717) is 12.0 Å². The fourth-order valence-electron chi connectivity index (χ4n) is 1.68. The minimum atomic E-state index is 0.279. The maximum atomic E-state index is 10.5. The highest BCUT2D eigenvalue weighted by Crippen LogP contribution is 2.15. The Balaban J connectivity index is 2.57. The van der Waals surface area contributed by atoms with Crippen molar-refractivity contribution in [1.29, 1.82) is 0 Å². The summed E-state index contributed by atoms with van der Waals surface area (Å²) >= 11 is 0. The van der Waals surface area contributed by atoms with Crippen LogP contribution in [-0.2, 0) is 16.0 Å². The van der Waals surface area contributed by atoms with Crippen LogP contribution in [0.3, 0.4) is 0 Å². The van der Waals surface area contributed by atoms with Crippen LogP contribution in [0.4, 0.5) is 0 Å². The molecule has 21 heavy (non-hydrogen) atoms. The second kappa shape index (κ2) is 8.80. The molecule has 0 spiro atoms. The number of carbonyl (C=O) groups is 1. The molecule has 0 aliphatic rings. The van der Waals surface area contributed by atoms with E-state index in [0.717, 1.165) is 24.0 Å². The SMILES string of the molecule is CC=C(CC(C)=CCc1ccc(O)cc1)OC=C(C)C=O. The van der Waals surface area contributed by atoms with Crippen molar-refractivity contribution in [3.63, 3.8) is 0 Å². The molecule has 1 N–H and O–H groups in total. The summed E-state index contributed by atoms with van der Waals surface area (Å²) in [5, 5.41) is 9.24. The van der Waals surface area contributed by atoms with Crippen LogP contribution in [0.1, 0.15) is 32.8 Å². The monoisotopic (exact) mass is 286 g/mol. The van der Waals surface area contributed by atoms with E-state index in [9.17, 15) is 9.90 Å². The molecule has 0 radical (unpaired) electrons. The Kier molecular flexibility index (Phi) is 7.02. The van der Waals surface area contributed by atoms with Crippen LogP contribution in [0, 0.1) is 0 Å². The van der Waals surface area contributed by atoms with Crippen molar-refractivity contribution < 1.29 is 14.6 Å². The van der Waals surface area contributed by atoms with E-state index >= 15 is 0 Å². The molecule has 0 bridgehead atoms. The number of benzene rings is 1. The van der Waals surface area contributed by atoms with Gasteiger partial charge < -0.3 is 9.84 Å². The van der Waals surface area contributed by atoms with Gasteiger partial charge in [0.25, 0.3) is 0 Å². The maximum absolute atomic E-state index is 10.5. The lowest BCUT2D eigenvalue weighted by Crippen LogP contribution is -1.90. The first-order chi connectivity index (χ1) is 10.0. The van der Waals surface area contributed by atoms with E-state index < -0.39 is 0 Å². The third-order valence-electron chi connectivity index (χ3n) is 2.98. The molecule has 0 aliphatic heterocycles. The zero-order chi connectivity index (χ0) is 15.7. The van der Waals surface area contributed by atoms with Gasteiger partial charge in [-0.15, -0.1) is 0 Å². The third-order valence-corrected chi connectivity index (χ3v) is 2.98. The van der Waals surface area contributed by atoms with Crippen molar-refractivity contribution in [2.75, 3.05) is 0 Å². The van der Waals surface area contributed by atoms with Gasteiger partial charge in [0.2, 0.25) is 0 Å². The predicted molar refractivity (Wildman–Crippen MR) is 84.8 cm³/mol. The van der Waals surface area contributed by atoms with E-state index in [-0.39, 0.29) is 5.75 Å². The van der Waals surface area contributed by atoms with Crippen LogP contribution >= 0.6 is 0 Å². The Morgan fingerprint density at radius 3 is 2.48 bits per heavy atom.